The van der Waals surface area contributed by atoms with E-state index in [0.717, 1.165) is 19.0 Å². The molecule has 5 heteroatoms. The largest absolute Gasteiger partial charge is 0.357 e. The molecule has 0 aliphatic heterocycles. The van der Waals surface area contributed by atoms with E-state index >= 15 is 0 Å². The van der Waals surface area contributed by atoms with Crippen LogP contribution in [0.15, 0.2) is 48.0 Å². The fourth-order valence-corrected chi connectivity index (χ4v) is 2.21. The van der Waals surface area contributed by atoms with E-state index in [9.17, 15) is 0 Å². The minimum Gasteiger partial charge on any atom is -0.357 e. The Labute approximate surface area is 145 Å². The third-order valence-corrected chi connectivity index (χ3v) is 4.08. The van der Waals surface area contributed by atoms with Crippen molar-refractivity contribution in [3.63, 3.8) is 0 Å². The van der Waals surface area contributed by atoms with Crippen LogP contribution < -0.4 is 10.6 Å². The van der Waals surface area contributed by atoms with Crippen LogP contribution in [0, 0.1) is 5.92 Å². The molecule has 0 aliphatic rings. The molecule has 0 aliphatic carbocycles. The van der Waals surface area contributed by atoms with Crippen LogP contribution in [0.25, 0.3) is 0 Å². The molecule has 2 N–H and O–H groups in total. The van der Waals surface area contributed by atoms with Gasteiger partial charge in [0.1, 0.15) is 0 Å². The Morgan fingerprint density at radius 2 is 1.88 bits per heavy atom. The molecule has 0 radical (unpaired) electrons. The molecule has 2 aromatic rings. The van der Waals surface area contributed by atoms with Crippen molar-refractivity contribution in [1.82, 2.24) is 20.2 Å². The van der Waals surface area contributed by atoms with E-state index in [4.69, 9.17) is 4.99 Å². The fraction of sp³-hybridized carbons (Fsp3) is 0.474. The Hall–Kier alpha value is -2.30. The van der Waals surface area contributed by atoms with Crippen molar-refractivity contribution in [2.24, 2.45) is 10.9 Å². The minimum atomic E-state index is 0.389. The van der Waals surface area contributed by atoms with Crippen LogP contribution in [-0.2, 0) is 13.1 Å². The van der Waals surface area contributed by atoms with E-state index in [0.29, 0.717) is 18.5 Å². The summed E-state index contributed by atoms with van der Waals surface area (Å²) in [6.07, 6.45) is 5.61. The maximum atomic E-state index is 4.69. The van der Waals surface area contributed by atoms with Gasteiger partial charge in [0.05, 0.1) is 12.9 Å². The van der Waals surface area contributed by atoms with Crippen LogP contribution in [0.4, 0.5) is 0 Å². The Morgan fingerprint density at radius 1 is 1.17 bits per heavy atom. The number of rotatable bonds is 7. The van der Waals surface area contributed by atoms with Gasteiger partial charge in [-0.2, -0.15) is 0 Å². The summed E-state index contributed by atoms with van der Waals surface area (Å²) in [6.45, 7) is 11.1. The number of guanidine groups is 1. The summed E-state index contributed by atoms with van der Waals surface area (Å²) in [7, 11) is 0. The maximum absolute atomic E-state index is 4.69. The van der Waals surface area contributed by atoms with Gasteiger partial charge in [-0.25, -0.2) is 9.98 Å². The maximum Gasteiger partial charge on any atom is 0.191 e. The van der Waals surface area contributed by atoms with Crippen molar-refractivity contribution < 1.29 is 0 Å². The van der Waals surface area contributed by atoms with Crippen molar-refractivity contribution >= 4 is 5.96 Å². The van der Waals surface area contributed by atoms with Gasteiger partial charge in [-0.3, -0.25) is 0 Å². The van der Waals surface area contributed by atoms with Crippen molar-refractivity contribution in [3.8, 4) is 0 Å². The van der Waals surface area contributed by atoms with Crippen molar-refractivity contribution in [2.75, 3.05) is 6.54 Å². The second-order valence-electron chi connectivity index (χ2n) is 6.42. The average molecular weight is 327 g/mol. The number of hydrogen-bond acceptors (Lipinski definition) is 2. The zero-order chi connectivity index (χ0) is 17.4. The Kier molecular flexibility index (Phi) is 6.85. The summed E-state index contributed by atoms with van der Waals surface area (Å²) in [6, 6.07) is 8.99. The molecule has 1 atom stereocenters. The van der Waals surface area contributed by atoms with Gasteiger partial charge in [0.25, 0.3) is 0 Å². The first-order chi connectivity index (χ1) is 11.6. The van der Waals surface area contributed by atoms with Gasteiger partial charge in [-0.05, 0) is 30.9 Å². The van der Waals surface area contributed by atoms with Crippen LogP contribution >= 0.6 is 0 Å². The van der Waals surface area contributed by atoms with Gasteiger partial charge in [-0.15, -0.1) is 0 Å². The molecular formula is C19H29N5. The van der Waals surface area contributed by atoms with Gasteiger partial charge < -0.3 is 15.2 Å². The van der Waals surface area contributed by atoms with Crippen LogP contribution in [0.5, 0.6) is 0 Å². The smallest absolute Gasteiger partial charge is 0.191 e. The van der Waals surface area contributed by atoms with Gasteiger partial charge in [0, 0.05) is 31.5 Å². The van der Waals surface area contributed by atoms with Crippen molar-refractivity contribution in [1.29, 1.82) is 0 Å². The lowest BCUT2D eigenvalue weighted by Crippen LogP contribution is -2.44. The fourth-order valence-electron chi connectivity index (χ4n) is 2.21. The average Bonchev–Trinajstić information content (AvgIpc) is 3.07. The van der Waals surface area contributed by atoms with Crippen LogP contribution in [0.1, 0.15) is 38.8 Å². The van der Waals surface area contributed by atoms with Crippen molar-refractivity contribution in [2.45, 2.75) is 46.8 Å². The summed E-state index contributed by atoms with van der Waals surface area (Å²) in [5, 5.41) is 6.77. The van der Waals surface area contributed by atoms with E-state index in [-0.39, 0.29) is 0 Å². The molecule has 5 nitrogen and oxygen atoms in total. The second-order valence-corrected chi connectivity index (χ2v) is 6.42. The highest BCUT2D eigenvalue weighted by Gasteiger charge is 2.08. The van der Waals surface area contributed by atoms with Gasteiger partial charge >= 0.3 is 0 Å². The lowest BCUT2D eigenvalue weighted by molar-refractivity contribution is 0.481. The third-order valence-electron chi connectivity index (χ3n) is 4.08. The SMILES string of the molecule is CCNC(=NCc1ccc(Cn2ccnc2)cc1)NC(C)C(C)C. The highest BCUT2D eigenvalue weighted by Crippen LogP contribution is 2.08. The summed E-state index contributed by atoms with van der Waals surface area (Å²) in [5.74, 6) is 1.44. The topological polar surface area (TPSA) is 54.2 Å². The molecule has 1 heterocycles. The highest BCUT2D eigenvalue weighted by atomic mass is 15.2. The zero-order valence-corrected chi connectivity index (χ0v) is 15.2. The van der Waals surface area contributed by atoms with Gasteiger partial charge in [-0.1, -0.05) is 38.1 Å². The molecule has 0 spiro atoms. The van der Waals surface area contributed by atoms with Crippen molar-refractivity contribution in [3.05, 3.63) is 54.1 Å². The monoisotopic (exact) mass is 327 g/mol. The molecular weight excluding hydrogens is 298 g/mol. The number of imidazole rings is 1. The predicted molar refractivity (Wildman–Crippen MR) is 100 cm³/mol. The summed E-state index contributed by atoms with van der Waals surface area (Å²) >= 11 is 0. The molecule has 2 rings (SSSR count). The molecule has 1 unspecified atom stereocenters. The first-order valence-electron chi connectivity index (χ1n) is 8.67. The van der Waals surface area contributed by atoms with E-state index < -0.39 is 0 Å². The van der Waals surface area contributed by atoms with Gasteiger partial charge in [0.2, 0.25) is 0 Å². The molecule has 0 fully saturated rings. The minimum absolute atomic E-state index is 0.389. The number of hydrogen-bond donors (Lipinski definition) is 2. The van der Waals surface area contributed by atoms with E-state index in [2.05, 4.69) is 72.1 Å². The van der Waals surface area contributed by atoms with E-state index in [1.165, 1.54) is 11.1 Å². The summed E-state index contributed by atoms with van der Waals surface area (Å²) in [5.41, 5.74) is 2.47. The number of aliphatic imine (C=N–C) groups is 1. The molecule has 24 heavy (non-hydrogen) atoms. The van der Waals surface area contributed by atoms with Crippen LogP contribution in [0.2, 0.25) is 0 Å². The second kappa shape index (κ2) is 9.11. The molecule has 0 amide bonds. The number of benzene rings is 1. The number of nitrogens with one attached hydrogen (secondary N) is 2. The Morgan fingerprint density at radius 3 is 2.46 bits per heavy atom. The molecule has 0 bridgehead atoms. The lowest BCUT2D eigenvalue weighted by atomic mass is 10.1. The zero-order valence-electron chi connectivity index (χ0n) is 15.2. The predicted octanol–water partition coefficient (Wildman–Crippen LogP) is 3.03. The molecule has 1 aromatic carbocycles. The molecule has 0 saturated heterocycles. The van der Waals surface area contributed by atoms with Crippen LogP contribution in [-0.4, -0.2) is 28.1 Å². The lowest BCUT2D eigenvalue weighted by Gasteiger charge is -2.20. The quantitative estimate of drug-likeness (QED) is 0.607. The molecule has 1 aromatic heterocycles. The molecule has 130 valence electrons. The summed E-state index contributed by atoms with van der Waals surface area (Å²) < 4.78 is 2.06. The first-order valence-corrected chi connectivity index (χ1v) is 8.67. The standard InChI is InChI=1S/C19H29N5/c1-5-21-19(23-16(4)15(2)3)22-12-17-6-8-18(9-7-17)13-24-11-10-20-14-24/h6-11,14-16H,5,12-13H2,1-4H3,(H2,21,22,23). The van der Waals surface area contributed by atoms with Crippen LogP contribution in [0.3, 0.4) is 0 Å². The van der Waals surface area contributed by atoms with E-state index in [1.54, 1.807) is 6.20 Å². The summed E-state index contributed by atoms with van der Waals surface area (Å²) in [4.78, 5) is 8.76. The Bertz CT molecular complexity index is 614. The van der Waals surface area contributed by atoms with E-state index in [1.807, 2.05) is 12.5 Å². The normalized spacial score (nSPS) is 13.1. The molecule has 0 saturated carbocycles. The number of nitrogens with zero attached hydrogens (tertiary/aromatic N) is 3. The number of aromatic nitrogens is 2. The first kappa shape index (κ1) is 18.0. The Balaban J connectivity index is 1.95. The third kappa shape index (κ3) is 5.72. The van der Waals surface area contributed by atoms with Gasteiger partial charge in [0.15, 0.2) is 5.96 Å². The highest BCUT2D eigenvalue weighted by molar-refractivity contribution is 5.80.